The van der Waals surface area contributed by atoms with E-state index in [2.05, 4.69) is 0 Å². The Morgan fingerprint density at radius 2 is 1.20 bits per heavy atom. The minimum Gasteiger partial charge on any atom is -0.497 e. The molecular weight excluding hydrogens is 190 g/mol. The summed E-state index contributed by atoms with van der Waals surface area (Å²) in [6.07, 6.45) is 0. The van der Waals surface area contributed by atoms with E-state index in [9.17, 15) is 0 Å². The van der Waals surface area contributed by atoms with Crippen LogP contribution in [0.15, 0.2) is 18.2 Å². The summed E-state index contributed by atoms with van der Waals surface area (Å²) in [5.74, 6) is 1.42. The van der Waals surface area contributed by atoms with Gasteiger partial charge < -0.3 is 15.2 Å². The molecule has 90 valence electrons. The highest BCUT2D eigenvalue weighted by molar-refractivity contribution is 5.50. The quantitative estimate of drug-likeness (QED) is 0.767. The molecule has 0 aliphatic rings. The first-order chi connectivity index (χ1) is 7.26. The molecule has 2 N–H and O–H groups in total. The Morgan fingerprint density at radius 1 is 0.867 bits per heavy atom. The Morgan fingerprint density at radius 3 is 1.47 bits per heavy atom. The SMILES string of the molecule is CC.CC.COc1cc(N)cc(OC)c1.[HH]. The molecule has 0 saturated carbocycles. The summed E-state index contributed by atoms with van der Waals surface area (Å²) >= 11 is 0. The van der Waals surface area contributed by atoms with Gasteiger partial charge in [-0.15, -0.1) is 0 Å². The highest BCUT2D eigenvalue weighted by atomic mass is 16.5. The van der Waals surface area contributed by atoms with Crippen molar-refractivity contribution in [2.24, 2.45) is 0 Å². The zero-order valence-electron chi connectivity index (χ0n) is 10.6. The van der Waals surface area contributed by atoms with Gasteiger partial charge in [0.1, 0.15) is 11.5 Å². The van der Waals surface area contributed by atoms with Crippen molar-refractivity contribution >= 4 is 5.69 Å². The maximum absolute atomic E-state index is 5.55. The molecule has 1 aromatic carbocycles. The van der Waals surface area contributed by atoms with Gasteiger partial charge in [-0.1, -0.05) is 27.7 Å². The molecule has 1 aromatic rings. The molecule has 0 fully saturated rings. The summed E-state index contributed by atoms with van der Waals surface area (Å²) in [5, 5.41) is 0. The van der Waals surface area contributed by atoms with Gasteiger partial charge in [-0.25, -0.2) is 0 Å². The number of anilines is 1. The van der Waals surface area contributed by atoms with E-state index < -0.39 is 0 Å². The van der Waals surface area contributed by atoms with Crippen molar-refractivity contribution in [3.8, 4) is 11.5 Å². The average molecular weight is 215 g/mol. The second kappa shape index (κ2) is 10.7. The van der Waals surface area contributed by atoms with Crippen molar-refractivity contribution in [3.05, 3.63) is 18.2 Å². The van der Waals surface area contributed by atoms with Crippen molar-refractivity contribution in [1.29, 1.82) is 0 Å². The van der Waals surface area contributed by atoms with E-state index in [0.717, 1.165) is 0 Å². The van der Waals surface area contributed by atoms with Gasteiger partial charge in [0.05, 0.1) is 14.2 Å². The number of rotatable bonds is 2. The fourth-order valence-corrected chi connectivity index (χ4v) is 0.829. The minimum absolute atomic E-state index is 0. The Balaban J connectivity index is -0.000000305. The second-order valence-electron chi connectivity index (χ2n) is 2.15. The first-order valence-electron chi connectivity index (χ1n) is 5.25. The van der Waals surface area contributed by atoms with E-state index in [1.54, 1.807) is 32.4 Å². The third kappa shape index (κ3) is 6.66. The lowest BCUT2D eigenvalue weighted by Gasteiger charge is -2.04. The normalized spacial score (nSPS) is 7.60. The van der Waals surface area contributed by atoms with E-state index in [4.69, 9.17) is 15.2 Å². The first-order valence-corrected chi connectivity index (χ1v) is 5.25. The van der Waals surface area contributed by atoms with Crippen molar-refractivity contribution in [2.45, 2.75) is 27.7 Å². The Labute approximate surface area is 94.7 Å². The van der Waals surface area contributed by atoms with Crippen molar-refractivity contribution < 1.29 is 10.9 Å². The summed E-state index contributed by atoms with van der Waals surface area (Å²) in [5.41, 5.74) is 6.19. The molecule has 0 aliphatic carbocycles. The van der Waals surface area contributed by atoms with E-state index in [1.165, 1.54) is 0 Å². The van der Waals surface area contributed by atoms with Crippen molar-refractivity contribution in [3.63, 3.8) is 0 Å². The predicted octanol–water partition coefficient (Wildman–Crippen LogP) is 3.58. The molecule has 0 aliphatic heterocycles. The van der Waals surface area contributed by atoms with Gasteiger partial charge >= 0.3 is 0 Å². The average Bonchev–Trinajstić information content (AvgIpc) is 2.33. The van der Waals surface area contributed by atoms with Crippen LogP contribution in [-0.2, 0) is 0 Å². The minimum atomic E-state index is 0. The van der Waals surface area contributed by atoms with Gasteiger partial charge in [0.15, 0.2) is 0 Å². The molecule has 0 bridgehead atoms. The molecule has 1 rings (SSSR count). The zero-order valence-corrected chi connectivity index (χ0v) is 10.6. The van der Waals surface area contributed by atoms with E-state index in [-0.39, 0.29) is 1.43 Å². The number of hydrogen-bond acceptors (Lipinski definition) is 3. The standard InChI is InChI=1S/C8H11NO2.2C2H6.H2/c1-10-7-3-6(9)4-8(5-7)11-2;2*1-2;/h3-5H,9H2,1-2H3;2*1-2H3;1H. The molecule has 0 saturated heterocycles. The smallest absolute Gasteiger partial charge is 0.124 e. The fraction of sp³-hybridized carbons (Fsp3) is 0.500. The second-order valence-corrected chi connectivity index (χ2v) is 2.15. The molecule has 3 heteroatoms. The maximum atomic E-state index is 5.55. The van der Waals surface area contributed by atoms with Crippen molar-refractivity contribution in [1.82, 2.24) is 0 Å². The van der Waals surface area contributed by atoms with Crippen LogP contribution in [0, 0.1) is 0 Å². The summed E-state index contributed by atoms with van der Waals surface area (Å²) in [7, 11) is 3.18. The predicted molar refractivity (Wildman–Crippen MR) is 68.8 cm³/mol. The van der Waals surface area contributed by atoms with Gasteiger partial charge in [0.25, 0.3) is 0 Å². The zero-order chi connectivity index (χ0) is 12.3. The van der Waals surface area contributed by atoms with Crippen LogP contribution in [0.5, 0.6) is 11.5 Å². The number of benzene rings is 1. The maximum Gasteiger partial charge on any atom is 0.124 e. The summed E-state index contributed by atoms with van der Waals surface area (Å²) < 4.78 is 9.96. The first kappa shape index (κ1) is 16.1. The molecule has 0 aromatic heterocycles. The third-order valence-corrected chi connectivity index (χ3v) is 1.37. The molecule has 15 heavy (non-hydrogen) atoms. The summed E-state index contributed by atoms with van der Waals surface area (Å²) in [6, 6.07) is 5.25. The third-order valence-electron chi connectivity index (χ3n) is 1.37. The van der Waals surface area contributed by atoms with Crippen LogP contribution in [0.2, 0.25) is 0 Å². The van der Waals surface area contributed by atoms with Crippen LogP contribution in [0.3, 0.4) is 0 Å². The molecule has 0 spiro atoms. The lowest BCUT2D eigenvalue weighted by atomic mass is 10.3. The van der Waals surface area contributed by atoms with Gasteiger partial charge in [-0.2, -0.15) is 0 Å². The Bertz CT molecular complexity index is 233. The van der Waals surface area contributed by atoms with E-state index in [0.29, 0.717) is 17.2 Å². The number of methoxy groups -OCH3 is 2. The summed E-state index contributed by atoms with van der Waals surface area (Å²) in [4.78, 5) is 0. The molecule has 3 nitrogen and oxygen atoms in total. The topological polar surface area (TPSA) is 44.5 Å². The number of nitrogens with two attached hydrogens (primary N) is 1. The monoisotopic (exact) mass is 215 g/mol. The van der Waals surface area contributed by atoms with Gasteiger partial charge in [-0.3, -0.25) is 0 Å². The van der Waals surface area contributed by atoms with E-state index >= 15 is 0 Å². The highest BCUT2D eigenvalue weighted by Crippen LogP contribution is 2.23. The lowest BCUT2D eigenvalue weighted by Crippen LogP contribution is -1.90. The van der Waals surface area contributed by atoms with Gasteiger partial charge in [0, 0.05) is 25.3 Å². The van der Waals surface area contributed by atoms with Crippen LogP contribution in [0.1, 0.15) is 29.1 Å². The van der Waals surface area contributed by atoms with E-state index in [1.807, 2.05) is 27.7 Å². The molecule has 0 amide bonds. The van der Waals surface area contributed by atoms with Crippen LogP contribution >= 0.6 is 0 Å². The molecule has 0 atom stereocenters. The number of hydrogen-bond donors (Lipinski definition) is 1. The van der Waals surface area contributed by atoms with Gasteiger partial charge in [0.2, 0.25) is 0 Å². The van der Waals surface area contributed by atoms with Crippen molar-refractivity contribution in [2.75, 3.05) is 20.0 Å². The number of ether oxygens (including phenoxy) is 2. The lowest BCUT2D eigenvalue weighted by molar-refractivity contribution is 0.395. The largest absolute Gasteiger partial charge is 0.497 e. The molecule has 0 unspecified atom stereocenters. The molecule has 0 heterocycles. The summed E-state index contributed by atoms with van der Waals surface area (Å²) in [6.45, 7) is 8.00. The molecule has 0 radical (unpaired) electrons. The Hall–Kier alpha value is -1.38. The molecular formula is C12H25NO2. The highest BCUT2D eigenvalue weighted by Gasteiger charge is 1.97. The van der Waals surface area contributed by atoms with Crippen LogP contribution in [0.25, 0.3) is 0 Å². The Kier molecular flexibility index (Phi) is 11.5. The van der Waals surface area contributed by atoms with Crippen LogP contribution < -0.4 is 15.2 Å². The van der Waals surface area contributed by atoms with Crippen LogP contribution in [-0.4, -0.2) is 14.2 Å². The number of nitrogen functional groups attached to an aromatic ring is 1. The van der Waals surface area contributed by atoms with Gasteiger partial charge in [-0.05, 0) is 0 Å². The van der Waals surface area contributed by atoms with Crippen LogP contribution in [0.4, 0.5) is 5.69 Å². The fourth-order valence-electron chi connectivity index (χ4n) is 0.829.